The van der Waals surface area contributed by atoms with E-state index in [0.717, 1.165) is 6.07 Å². The summed E-state index contributed by atoms with van der Waals surface area (Å²) in [6.07, 6.45) is -4.64. The molecule has 1 unspecified atom stereocenters. The molecule has 0 spiro atoms. The molecule has 0 aromatic carbocycles. The van der Waals surface area contributed by atoms with Gasteiger partial charge in [0.1, 0.15) is 23.6 Å². The Morgan fingerprint density at radius 2 is 2.05 bits per heavy atom. The molecule has 0 fully saturated rings. The number of carbonyl (C=O) groups excluding carboxylic acids is 1. The zero-order valence-corrected chi connectivity index (χ0v) is 11.7. The number of rotatable bonds is 4. The van der Waals surface area contributed by atoms with Crippen LogP contribution >= 0.6 is 0 Å². The highest BCUT2D eigenvalue weighted by Crippen LogP contribution is 2.29. The van der Waals surface area contributed by atoms with E-state index in [0.29, 0.717) is 6.07 Å². The second kappa shape index (κ2) is 6.43. The van der Waals surface area contributed by atoms with Crippen LogP contribution in [-0.4, -0.2) is 24.1 Å². The van der Waals surface area contributed by atoms with Crippen molar-refractivity contribution in [1.82, 2.24) is 4.98 Å². The number of esters is 1. The smallest absolute Gasteiger partial charge is 0.433 e. The molecule has 0 aliphatic rings. The Balaban J connectivity index is 3.21. The fourth-order valence-electron chi connectivity index (χ4n) is 1.59. The summed E-state index contributed by atoms with van der Waals surface area (Å²) in [5.74, 6) is -1.20. The van der Waals surface area contributed by atoms with Crippen LogP contribution in [0.1, 0.15) is 25.1 Å². The lowest BCUT2D eigenvalue weighted by Gasteiger charge is -2.21. The lowest BCUT2D eigenvalue weighted by atomic mass is 10.0. The standard InChI is InChI=1S/C13H14F3N3O2/c1-7(2)10(12(20)21-3)19-11-8(6-17)4-5-9(18-11)13(14,15)16/h4-5,7,10H,1-3H3,(H,18,19). The summed E-state index contributed by atoms with van der Waals surface area (Å²) in [6, 6.07) is 2.55. The molecule has 0 aliphatic carbocycles. The summed E-state index contributed by atoms with van der Waals surface area (Å²) in [6.45, 7) is 3.38. The first kappa shape index (κ1) is 16.8. The van der Waals surface area contributed by atoms with Crippen LogP contribution in [0, 0.1) is 17.2 Å². The molecule has 0 amide bonds. The number of hydrogen-bond acceptors (Lipinski definition) is 5. The molecule has 0 aliphatic heterocycles. The Kier molecular flexibility index (Phi) is 5.13. The summed E-state index contributed by atoms with van der Waals surface area (Å²) in [5.41, 5.74) is -1.23. The van der Waals surface area contributed by atoms with Gasteiger partial charge in [-0.15, -0.1) is 0 Å². The number of halogens is 3. The van der Waals surface area contributed by atoms with Crippen LogP contribution in [0.15, 0.2) is 12.1 Å². The minimum Gasteiger partial charge on any atom is -0.467 e. The molecule has 5 nitrogen and oxygen atoms in total. The van der Waals surface area contributed by atoms with E-state index in [-0.39, 0.29) is 17.3 Å². The first-order valence-corrected chi connectivity index (χ1v) is 6.03. The Hall–Kier alpha value is -2.30. The van der Waals surface area contributed by atoms with Gasteiger partial charge >= 0.3 is 12.1 Å². The van der Waals surface area contributed by atoms with E-state index >= 15 is 0 Å². The summed E-state index contributed by atoms with van der Waals surface area (Å²) in [4.78, 5) is 15.0. The van der Waals surface area contributed by atoms with Gasteiger partial charge in [0.25, 0.3) is 0 Å². The van der Waals surface area contributed by atoms with Crippen LogP contribution in [0.3, 0.4) is 0 Å². The largest absolute Gasteiger partial charge is 0.467 e. The Morgan fingerprint density at radius 1 is 1.43 bits per heavy atom. The van der Waals surface area contributed by atoms with Crippen molar-refractivity contribution >= 4 is 11.8 Å². The molecule has 1 aromatic rings. The molecule has 0 radical (unpaired) electrons. The van der Waals surface area contributed by atoms with E-state index in [1.165, 1.54) is 7.11 Å². The van der Waals surface area contributed by atoms with Gasteiger partial charge in [0.15, 0.2) is 0 Å². The normalized spacial score (nSPS) is 12.7. The van der Waals surface area contributed by atoms with Crippen molar-refractivity contribution in [3.63, 3.8) is 0 Å². The number of hydrogen-bond donors (Lipinski definition) is 1. The molecule has 1 atom stereocenters. The summed E-state index contributed by atoms with van der Waals surface area (Å²) in [7, 11) is 1.17. The number of alkyl halides is 3. The third kappa shape index (κ3) is 4.08. The fourth-order valence-corrected chi connectivity index (χ4v) is 1.59. The highest BCUT2D eigenvalue weighted by atomic mass is 19.4. The first-order chi connectivity index (χ1) is 9.70. The fraction of sp³-hybridized carbons (Fsp3) is 0.462. The van der Waals surface area contributed by atoms with Crippen molar-refractivity contribution in [2.75, 3.05) is 12.4 Å². The number of nitriles is 1. The monoisotopic (exact) mass is 301 g/mol. The highest BCUT2D eigenvalue weighted by Gasteiger charge is 2.34. The molecule has 0 bridgehead atoms. The number of nitrogens with zero attached hydrogens (tertiary/aromatic N) is 2. The number of anilines is 1. The molecule has 1 aromatic heterocycles. The van der Waals surface area contributed by atoms with E-state index in [2.05, 4.69) is 15.0 Å². The molecule has 21 heavy (non-hydrogen) atoms. The van der Waals surface area contributed by atoms with Crippen molar-refractivity contribution in [3.8, 4) is 6.07 Å². The average Bonchev–Trinajstić information content (AvgIpc) is 2.42. The molecule has 1 N–H and O–H groups in total. The van der Waals surface area contributed by atoms with Crippen molar-refractivity contribution in [2.24, 2.45) is 5.92 Å². The van der Waals surface area contributed by atoms with Gasteiger partial charge in [-0.3, -0.25) is 0 Å². The summed E-state index contributed by atoms with van der Waals surface area (Å²) < 4.78 is 42.6. The Bertz CT molecular complexity index is 565. The quantitative estimate of drug-likeness (QED) is 0.865. The molecular weight excluding hydrogens is 287 g/mol. The number of carbonyl (C=O) groups is 1. The first-order valence-electron chi connectivity index (χ1n) is 6.03. The summed E-state index contributed by atoms with van der Waals surface area (Å²) >= 11 is 0. The van der Waals surface area contributed by atoms with Crippen molar-refractivity contribution in [2.45, 2.75) is 26.1 Å². The van der Waals surface area contributed by atoms with Gasteiger partial charge in [-0.25, -0.2) is 9.78 Å². The van der Waals surface area contributed by atoms with Crippen molar-refractivity contribution in [1.29, 1.82) is 5.26 Å². The SMILES string of the molecule is COC(=O)C(Nc1nc(C(F)(F)F)ccc1C#N)C(C)C. The van der Waals surface area contributed by atoms with Crippen LogP contribution in [0.2, 0.25) is 0 Å². The van der Waals surface area contributed by atoms with Gasteiger partial charge in [-0.05, 0) is 18.1 Å². The second-order valence-electron chi connectivity index (χ2n) is 4.59. The van der Waals surface area contributed by atoms with E-state index in [9.17, 15) is 18.0 Å². The number of ether oxygens (including phenoxy) is 1. The van der Waals surface area contributed by atoms with Crippen LogP contribution < -0.4 is 5.32 Å². The van der Waals surface area contributed by atoms with Gasteiger partial charge in [-0.1, -0.05) is 13.8 Å². The Labute approximate surface area is 119 Å². The van der Waals surface area contributed by atoms with Crippen molar-refractivity contribution < 1.29 is 22.7 Å². The molecule has 1 heterocycles. The third-order valence-corrected chi connectivity index (χ3v) is 2.72. The van der Waals surface area contributed by atoms with E-state index in [1.807, 2.05) is 0 Å². The predicted molar refractivity (Wildman–Crippen MR) is 68.2 cm³/mol. The number of pyridine rings is 1. The van der Waals surface area contributed by atoms with E-state index < -0.39 is 23.9 Å². The molecule has 114 valence electrons. The minimum absolute atomic E-state index is 0.0856. The Morgan fingerprint density at radius 3 is 2.48 bits per heavy atom. The highest BCUT2D eigenvalue weighted by molar-refractivity contribution is 5.79. The average molecular weight is 301 g/mol. The minimum atomic E-state index is -4.64. The maximum absolute atomic E-state index is 12.7. The van der Waals surface area contributed by atoms with Crippen molar-refractivity contribution in [3.05, 3.63) is 23.4 Å². The lowest BCUT2D eigenvalue weighted by molar-refractivity contribution is -0.142. The van der Waals surface area contributed by atoms with E-state index in [1.54, 1.807) is 19.9 Å². The summed E-state index contributed by atoms with van der Waals surface area (Å²) in [5, 5.41) is 11.5. The maximum Gasteiger partial charge on any atom is 0.433 e. The lowest BCUT2D eigenvalue weighted by Crippen LogP contribution is -2.36. The number of aromatic nitrogens is 1. The van der Waals surface area contributed by atoms with E-state index in [4.69, 9.17) is 5.26 Å². The van der Waals surface area contributed by atoms with Crippen LogP contribution in [0.5, 0.6) is 0 Å². The van der Waals surface area contributed by atoms with Gasteiger partial charge in [0.2, 0.25) is 0 Å². The number of methoxy groups -OCH3 is 1. The van der Waals surface area contributed by atoms with Crippen LogP contribution in [0.25, 0.3) is 0 Å². The molecular formula is C13H14F3N3O2. The van der Waals surface area contributed by atoms with Gasteiger partial charge < -0.3 is 10.1 Å². The van der Waals surface area contributed by atoms with Gasteiger partial charge in [0.05, 0.1) is 12.7 Å². The maximum atomic E-state index is 12.7. The van der Waals surface area contributed by atoms with Crippen LogP contribution in [0.4, 0.5) is 19.0 Å². The van der Waals surface area contributed by atoms with Gasteiger partial charge in [-0.2, -0.15) is 18.4 Å². The third-order valence-electron chi connectivity index (χ3n) is 2.72. The van der Waals surface area contributed by atoms with Gasteiger partial charge in [0, 0.05) is 0 Å². The molecule has 8 heteroatoms. The topological polar surface area (TPSA) is 75.0 Å². The molecule has 0 saturated carbocycles. The number of nitrogens with one attached hydrogen (secondary N) is 1. The van der Waals surface area contributed by atoms with Crippen LogP contribution in [-0.2, 0) is 15.7 Å². The molecule has 1 rings (SSSR count). The second-order valence-corrected chi connectivity index (χ2v) is 4.59. The zero-order chi connectivity index (χ0) is 16.2. The zero-order valence-electron chi connectivity index (χ0n) is 11.7. The molecule has 0 saturated heterocycles. The predicted octanol–water partition coefficient (Wildman–Crippen LogP) is 2.58.